The smallest absolute Gasteiger partial charge is 0.367 e. The number of halogens is 12. The SMILES string of the molecule is O=C1C(OS(=O)(=O)C(F)(F)F)=C(OS(=O)(=O)C(F)(F)F)C(=O)C(OS(=O)(=O)C(F)(F)F)=C1OS(=O)(=O)C(F)(F)F. The van der Waals surface area contributed by atoms with Gasteiger partial charge in [0.2, 0.25) is 23.0 Å². The molecule has 0 unspecified atom stereocenters. The van der Waals surface area contributed by atoms with Crippen LogP contribution in [0.25, 0.3) is 0 Å². The van der Waals surface area contributed by atoms with Crippen molar-refractivity contribution in [3.63, 3.8) is 0 Å². The molecule has 0 spiro atoms. The summed E-state index contributed by atoms with van der Waals surface area (Å²) >= 11 is 0. The Hall–Kier alpha value is -3.02. The van der Waals surface area contributed by atoms with Crippen molar-refractivity contribution in [1.82, 2.24) is 0 Å². The van der Waals surface area contributed by atoms with Gasteiger partial charge in [0.25, 0.3) is 11.6 Å². The van der Waals surface area contributed by atoms with Gasteiger partial charge >= 0.3 is 62.5 Å². The van der Waals surface area contributed by atoms with Crippen LogP contribution in [0.3, 0.4) is 0 Å². The van der Waals surface area contributed by atoms with Crippen molar-refractivity contribution in [1.29, 1.82) is 0 Å². The van der Waals surface area contributed by atoms with E-state index in [9.17, 15) is 95.9 Å². The molecule has 1 aliphatic rings. The summed E-state index contributed by atoms with van der Waals surface area (Å²) in [5.41, 5.74) is -27.2. The Balaban J connectivity index is 4.23. The van der Waals surface area contributed by atoms with E-state index in [1.54, 1.807) is 0 Å². The van der Waals surface area contributed by atoms with Crippen LogP contribution in [-0.4, -0.2) is 67.3 Å². The van der Waals surface area contributed by atoms with Gasteiger partial charge in [-0.25, -0.2) is 0 Å². The summed E-state index contributed by atoms with van der Waals surface area (Å²) < 4.78 is 252. The van der Waals surface area contributed by atoms with Crippen LogP contribution in [0.2, 0.25) is 0 Å². The van der Waals surface area contributed by atoms with Crippen LogP contribution >= 0.6 is 0 Å². The van der Waals surface area contributed by atoms with Gasteiger partial charge in [-0.2, -0.15) is 86.4 Å². The number of carbonyl (C=O) groups excluding carboxylic acids is 2. The second kappa shape index (κ2) is 9.81. The molecule has 0 saturated carbocycles. The highest BCUT2D eigenvalue weighted by Gasteiger charge is 2.59. The van der Waals surface area contributed by atoms with Crippen molar-refractivity contribution >= 4 is 52.0 Å². The molecule has 0 fully saturated rings. The van der Waals surface area contributed by atoms with E-state index in [4.69, 9.17) is 0 Å². The quantitative estimate of drug-likeness (QED) is 0.150. The maximum absolute atomic E-state index is 12.6. The fourth-order valence-corrected chi connectivity index (χ4v) is 3.41. The first-order chi connectivity index (χ1) is 17.2. The number of Topliss-reactive ketones (excluding diaryl/α,β-unsaturated/α-hetero) is 2. The monoisotopic (exact) mass is 700 g/mol. The molecule has 0 N–H and O–H groups in total. The zero-order chi connectivity index (χ0) is 32.3. The maximum atomic E-state index is 12.6. The van der Waals surface area contributed by atoms with Crippen molar-refractivity contribution in [2.24, 2.45) is 0 Å². The Morgan fingerprint density at radius 1 is 0.350 bits per heavy atom. The van der Waals surface area contributed by atoms with E-state index in [0.717, 1.165) is 0 Å². The Kier molecular flexibility index (Phi) is 8.59. The Morgan fingerprint density at radius 3 is 0.575 bits per heavy atom. The van der Waals surface area contributed by atoms with E-state index < -0.39 is 97.1 Å². The van der Waals surface area contributed by atoms with Crippen LogP contribution in [0.5, 0.6) is 0 Å². The summed E-state index contributed by atoms with van der Waals surface area (Å²) in [6, 6.07) is 0. The van der Waals surface area contributed by atoms with Crippen LogP contribution in [-0.2, 0) is 66.8 Å². The highest BCUT2D eigenvalue weighted by atomic mass is 32.2. The number of ketones is 2. The Morgan fingerprint density at radius 2 is 0.475 bits per heavy atom. The number of rotatable bonds is 8. The predicted molar refractivity (Wildman–Crippen MR) is 88.3 cm³/mol. The van der Waals surface area contributed by atoms with Crippen molar-refractivity contribution in [3.8, 4) is 0 Å². The molecule has 1 rings (SSSR count). The zero-order valence-corrected chi connectivity index (χ0v) is 20.2. The molecular formula is C10F12O14S4. The topological polar surface area (TPSA) is 208 Å². The lowest BCUT2D eigenvalue weighted by Gasteiger charge is -2.23. The average molecular weight is 700 g/mol. The highest BCUT2D eigenvalue weighted by molar-refractivity contribution is 7.88. The Bertz CT molecular complexity index is 1360. The van der Waals surface area contributed by atoms with E-state index in [-0.39, 0.29) is 0 Å². The number of carbonyl (C=O) groups is 2. The van der Waals surface area contributed by atoms with Gasteiger partial charge in [-0.1, -0.05) is 0 Å². The standard InChI is InChI=1S/C10F12O14S4/c11-7(12,13)37(25,26)33-3-1(23)4(34-38(27,28)8(14,15)16)6(36-40(31,32)10(20,21)22)2(24)5(3)35-39(29,30)9(17,18)19. The summed E-state index contributed by atoms with van der Waals surface area (Å²) in [4.78, 5) is 24.6. The van der Waals surface area contributed by atoms with Gasteiger partial charge in [0.05, 0.1) is 0 Å². The first kappa shape index (κ1) is 35.0. The van der Waals surface area contributed by atoms with E-state index in [2.05, 4.69) is 16.7 Å². The lowest BCUT2D eigenvalue weighted by molar-refractivity contribution is -0.123. The van der Waals surface area contributed by atoms with Crippen molar-refractivity contribution < 1.29 is 113 Å². The van der Waals surface area contributed by atoms with Gasteiger partial charge in [0.1, 0.15) is 0 Å². The number of hydrogen-bond donors (Lipinski definition) is 0. The second-order valence-electron chi connectivity index (χ2n) is 5.91. The molecule has 0 bridgehead atoms. The molecule has 0 heterocycles. The van der Waals surface area contributed by atoms with Crippen molar-refractivity contribution in [3.05, 3.63) is 23.0 Å². The fourth-order valence-electron chi connectivity index (χ4n) is 1.55. The van der Waals surface area contributed by atoms with Gasteiger partial charge in [-0.05, 0) is 0 Å². The Labute approximate surface area is 210 Å². The molecule has 232 valence electrons. The highest BCUT2D eigenvalue weighted by Crippen LogP contribution is 2.39. The summed E-state index contributed by atoms with van der Waals surface area (Å²) in [6.07, 6.45) is 0. The molecule has 0 atom stereocenters. The van der Waals surface area contributed by atoms with Crippen LogP contribution in [0.15, 0.2) is 23.0 Å². The molecule has 0 aromatic rings. The van der Waals surface area contributed by atoms with E-state index >= 15 is 0 Å². The largest absolute Gasteiger partial charge is 0.534 e. The van der Waals surface area contributed by atoms with Crippen LogP contribution < -0.4 is 0 Å². The third-order valence-electron chi connectivity index (χ3n) is 3.14. The minimum atomic E-state index is -7.52. The van der Waals surface area contributed by atoms with Gasteiger partial charge in [-0.15, -0.1) is 0 Å². The molecule has 0 aromatic carbocycles. The zero-order valence-electron chi connectivity index (χ0n) is 16.9. The van der Waals surface area contributed by atoms with Gasteiger partial charge in [-0.3, -0.25) is 9.59 Å². The van der Waals surface area contributed by atoms with Gasteiger partial charge in [0.15, 0.2) is 0 Å². The van der Waals surface area contributed by atoms with E-state index in [1.807, 2.05) is 0 Å². The first-order valence-corrected chi connectivity index (χ1v) is 13.4. The maximum Gasteiger partial charge on any atom is 0.534 e. The fraction of sp³-hybridized carbons (Fsp3) is 0.400. The molecule has 0 aromatic heterocycles. The van der Waals surface area contributed by atoms with Crippen molar-refractivity contribution in [2.45, 2.75) is 22.0 Å². The lowest BCUT2D eigenvalue weighted by atomic mass is 10.1. The lowest BCUT2D eigenvalue weighted by Crippen LogP contribution is -2.38. The summed E-state index contributed by atoms with van der Waals surface area (Å²) in [5, 5.41) is 0. The number of alkyl halides is 12. The van der Waals surface area contributed by atoms with Crippen LogP contribution in [0, 0.1) is 0 Å². The van der Waals surface area contributed by atoms with Crippen LogP contribution in [0.1, 0.15) is 0 Å². The van der Waals surface area contributed by atoms with Gasteiger partial charge in [0, 0.05) is 0 Å². The summed E-state index contributed by atoms with van der Waals surface area (Å²) in [5.74, 6) is -20.9. The normalized spacial score (nSPS) is 17.2. The third-order valence-corrected chi connectivity index (χ3v) is 6.96. The summed E-state index contributed by atoms with van der Waals surface area (Å²) in [6.45, 7) is 0. The predicted octanol–water partition coefficient (Wildman–Crippen LogP) is 1.03. The molecule has 1 aliphatic carbocycles. The molecule has 0 saturated heterocycles. The van der Waals surface area contributed by atoms with Gasteiger partial charge < -0.3 is 16.7 Å². The number of hydrogen-bond acceptors (Lipinski definition) is 14. The molecule has 40 heavy (non-hydrogen) atoms. The van der Waals surface area contributed by atoms with Crippen molar-refractivity contribution in [2.75, 3.05) is 0 Å². The third kappa shape index (κ3) is 6.82. The molecule has 0 radical (unpaired) electrons. The molecule has 0 aliphatic heterocycles. The van der Waals surface area contributed by atoms with E-state index in [1.165, 1.54) is 0 Å². The average Bonchev–Trinajstić information content (AvgIpc) is 2.67. The summed E-state index contributed by atoms with van der Waals surface area (Å²) in [7, 11) is -30.1. The van der Waals surface area contributed by atoms with E-state index in [0.29, 0.717) is 0 Å². The minimum absolute atomic E-state index is 2.86. The molecular weight excluding hydrogens is 700 g/mol. The molecule has 14 nitrogen and oxygen atoms in total. The molecule has 30 heteroatoms. The molecule has 0 amide bonds. The first-order valence-electron chi connectivity index (χ1n) is 7.81. The van der Waals surface area contributed by atoms with Crippen LogP contribution in [0.4, 0.5) is 52.7 Å². The minimum Gasteiger partial charge on any atom is -0.367 e. The second-order valence-corrected chi connectivity index (χ2v) is 12.1.